The summed E-state index contributed by atoms with van der Waals surface area (Å²) in [5, 5.41) is 0. The Bertz CT molecular complexity index is 603. The lowest BCUT2D eigenvalue weighted by Crippen LogP contribution is -2.40. The van der Waals surface area contributed by atoms with Gasteiger partial charge in [0, 0.05) is 50.2 Å². The van der Waals surface area contributed by atoms with E-state index < -0.39 is 0 Å². The Balaban J connectivity index is 1.40. The Morgan fingerprint density at radius 3 is 2.58 bits per heavy atom. The van der Waals surface area contributed by atoms with Crippen LogP contribution in [-0.4, -0.2) is 51.4 Å². The second-order valence-corrected chi connectivity index (χ2v) is 7.64. The van der Waals surface area contributed by atoms with Gasteiger partial charge in [-0.3, -0.25) is 4.79 Å². The maximum atomic E-state index is 11.5. The van der Waals surface area contributed by atoms with Gasteiger partial charge in [0.15, 0.2) is 0 Å². The van der Waals surface area contributed by atoms with Crippen LogP contribution in [0.3, 0.4) is 0 Å². The number of amides is 1. The van der Waals surface area contributed by atoms with Gasteiger partial charge in [0.05, 0.1) is 5.69 Å². The van der Waals surface area contributed by atoms with E-state index in [-0.39, 0.29) is 5.91 Å². The van der Waals surface area contributed by atoms with Crippen LogP contribution in [0.2, 0.25) is 0 Å². The van der Waals surface area contributed by atoms with Crippen molar-refractivity contribution >= 4 is 5.91 Å². The molecule has 0 unspecified atom stereocenters. The van der Waals surface area contributed by atoms with Crippen molar-refractivity contribution < 1.29 is 4.79 Å². The molecule has 0 spiro atoms. The molecule has 1 aromatic rings. The van der Waals surface area contributed by atoms with Crippen LogP contribution in [0.15, 0.2) is 6.20 Å². The van der Waals surface area contributed by atoms with E-state index in [4.69, 9.17) is 4.98 Å². The van der Waals surface area contributed by atoms with Crippen molar-refractivity contribution in [2.75, 3.05) is 19.6 Å². The second kappa shape index (κ2) is 6.79. The van der Waals surface area contributed by atoms with E-state index in [9.17, 15) is 4.79 Å². The van der Waals surface area contributed by atoms with E-state index in [1.165, 1.54) is 51.6 Å². The molecule has 130 valence electrons. The lowest BCUT2D eigenvalue weighted by molar-refractivity contribution is -0.129. The molecule has 3 aliphatic rings. The van der Waals surface area contributed by atoms with E-state index in [2.05, 4.69) is 9.88 Å². The highest BCUT2D eigenvalue weighted by Gasteiger charge is 2.29. The Morgan fingerprint density at radius 1 is 1.12 bits per heavy atom. The summed E-state index contributed by atoms with van der Waals surface area (Å²) in [4.78, 5) is 25.7. The number of nitrogens with zero attached hydrogens (tertiary/aromatic N) is 4. The van der Waals surface area contributed by atoms with Gasteiger partial charge in [-0.15, -0.1) is 0 Å². The van der Waals surface area contributed by atoms with Crippen LogP contribution in [0.25, 0.3) is 0 Å². The van der Waals surface area contributed by atoms with Gasteiger partial charge in [-0.25, -0.2) is 9.97 Å². The monoisotopic (exact) mass is 328 g/mol. The van der Waals surface area contributed by atoms with Crippen molar-refractivity contribution in [3.05, 3.63) is 23.3 Å². The van der Waals surface area contributed by atoms with Crippen molar-refractivity contribution in [1.29, 1.82) is 0 Å². The van der Waals surface area contributed by atoms with Gasteiger partial charge in [-0.1, -0.05) is 12.8 Å². The van der Waals surface area contributed by atoms with E-state index >= 15 is 0 Å². The lowest BCUT2D eigenvalue weighted by Gasteiger charge is -2.35. The third kappa shape index (κ3) is 3.18. The minimum Gasteiger partial charge on any atom is -0.338 e. The molecule has 1 aromatic heterocycles. The van der Waals surface area contributed by atoms with Crippen LogP contribution in [0, 0.1) is 0 Å². The van der Waals surface area contributed by atoms with Crippen molar-refractivity contribution in [2.24, 2.45) is 0 Å². The van der Waals surface area contributed by atoms with Gasteiger partial charge in [-0.05, 0) is 38.8 Å². The molecule has 0 atom stereocenters. The third-order valence-corrected chi connectivity index (χ3v) is 6.13. The zero-order chi connectivity index (χ0) is 16.5. The Morgan fingerprint density at radius 2 is 1.88 bits per heavy atom. The maximum Gasteiger partial charge on any atom is 0.219 e. The second-order valence-electron chi connectivity index (χ2n) is 7.64. The number of rotatable bonds is 2. The van der Waals surface area contributed by atoms with Crippen LogP contribution in [0.4, 0.5) is 0 Å². The largest absolute Gasteiger partial charge is 0.338 e. The molecule has 4 rings (SSSR count). The fourth-order valence-electron chi connectivity index (χ4n) is 4.59. The molecular formula is C19H28N4O. The first-order valence-electron chi connectivity index (χ1n) is 9.55. The molecule has 2 fully saturated rings. The maximum absolute atomic E-state index is 11.5. The number of hydrogen-bond acceptors (Lipinski definition) is 4. The van der Waals surface area contributed by atoms with Crippen molar-refractivity contribution in [3.8, 4) is 0 Å². The van der Waals surface area contributed by atoms with Crippen molar-refractivity contribution in [3.63, 3.8) is 0 Å². The highest BCUT2D eigenvalue weighted by Crippen LogP contribution is 2.31. The summed E-state index contributed by atoms with van der Waals surface area (Å²) in [5.74, 6) is 1.69. The summed E-state index contributed by atoms with van der Waals surface area (Å²) < 4.78 is 0. The Hall–Kier alpha value is -1.49. The van der Waals surface area contributed by atoms with E-state index in [1.807, 2.05) is 11.1 Å². The van der Waals surface area contributed by atoms with Crippen molar-refractivity contribution in [2.45, 2.75) is 70.4 Å². The van der Waals surface area contributed by atoms with Crippen molar-refractivity contribution in [1.82, 2.24) is 19.8 Å². The summed E-state index contributed by atoms with van der Waals surface area (Å²) in [6, 6.07) is 0.841. The quantitative estimate of drug-likeness (QED) is 0.837. The topological polar surface area (TPSA) is 49.3 Å². The average Bonchev–Trinajstić information content (AvgIpc) is 3.15. The molecule has 1 amide bonds. The van der Waals surface area contributed by atoms with E-state index in [0.717, 1.165) is 36.1 Å². The molecule has 0 aromatic carbocycles. The molecule has 1 aliphatic carbocycles. The zero-order valence-corrected chi connectivity index (χ0v) is 14.7. The number of carbonyl (C=O) groups excluding carboxylic acids is 1. The van der Waals surface area contributed by atoms with Gasteiger partial charge < -0.3 is 9.80 Å². The van der Waals surface area contributed by atoms with Gasteiger partial charge in [0.1, 0.15) is 5.82 Å². The molecule has 3 heterocycles. The number of likely N-dealkylation sites (tertiary alicyclic amines) is 1. The minimum absolute atomic E-state index is 0.143. The standard InChI is InChI=1S/C19H28N4O/c1-14(24)23-11-8-18-16(13-23)12-20-19(21-18)15-6-9-22(10-7-15)17-4-2-3-5-17/h12,15,17H,2-11,13H2,1H3. The zero-order valence-electron chi connectivity index (χ0n) is 14.7. The Kier molecular flexibility index (Phi) is 4.53. The van der Waals surface area contributed by atoms with E-state index in [1.54, 1.807) is 6.92 Å². The number of fused-ring (bicyclic) bond motifs is 1. The summed E-state index contributed by atoms with van der Waals surface area (Å²) in [7, 11) is 0. The fourth-order valence-corrected chi connectivity index (χ4v) is 4.59. The van der Waals surface area contributed by atoms with Crippen LogP contribution in [0.5, 0.6) is 0 Å². The number of carbonyl (C=O) groups is 1. The molecule has 0 N–H and O–H groups in total. The molecule has 2 aliphatic heterocycles. The molecule has 5 nitrogen and oxygen atoms in total. The molecular weight excluding hydrogens is 300 g/mol. The molecule has 24 heavy (non-hydrogen) atoms. The molecule has 0 radical (unpaired) electrons. The van der Waals surface area contributed by atoms with Crippen LogP contribution in [-0.2, 0) is 17.8 Å². The van der Waals surface area contributed by atoms with Gasteiger partial charge in [-0.2, -0.15) is 0 Å². The Labute approximate surface area is 144 Å². The lowest BCUT2D eigenvalue weighted by atomic mass is 9.94. The summed E-state index contributed by atoms with van der Waals surface area (Å²) >= 11 is 0. The fraction of sp³-hybridized carbons (Fsp3) is 0.737. The highest BCUT2D eigenvalue weighted by atomic mass is 16.2. The SMILES string of the molecule is CC(=O)N1CCc2nc(C3CCN(C4CCCC4)CC3)ncc2C1. The third-order valence-electron chi connectivity index (χ3n) is 6.13. The molecule has 5 heteroatoms. The smallest absolute Gasteiger partial charge is 0.219 e. The molecule has 1 saturated heterocycles. The number of aromatic nitrogens is 2. The first-order valence-corrected chi connectivity index (χ1v) is 9.55. The average molecular weight is 328 g/mol. The minimum atomic E-state index is 0.143. The summed E-state index contributed by atoms with van der Waals surface area (Å²) in [5.41, 5.74) is 2.29. The van der Waals surface area contributed by atoms with Crippen LogP contribution in [0.1, 0.15) is 68.4 Å². The van der Waals surface area contributed by atoms with Gasteiger partial charge in [0.2, 0.25) is 5.91 Å². The molecule has 1 saturated carbocycles. The molecule has 0 bridgehead atoms. The summed E-state index contributed by atoms with van der Waals surface area (Å²) in [6.45, 7) is 5.50. The highest BCUT2D eigenvalue weighted by molar-refractivity contribution is 5.73. The first kappa shape index (κ1) is 16.0. The normalized spacial score (nSPS) is 23.5. The summed E-state index contributed by atoms with van der Waals surface area (Å²) in [6.07, 6.45) is 10.8. The van der Waals surface area contributed by atoms with E-state index in [0.29, 0.717) is 12.5 Å². The predicted octanol–water partition coefficient (Wildman–Crippen LogP) is 2.50. The number of piperidine rings is 1. The van der Waals surface area contributed by atoms with Gasteiger partial charge >= 0.3 is 0 Å². The first-order chi connectivity index (χ1) is 11.7. The predicted molar refractivity (Wildman–Crippen MR) is 92.6 cm³/mol. The van der Waals surface area contributed by atoms with Crippen LogP contribution < -0.4 is 0 Å². The van der Waals surface area contributed by atoms with Gasteiger partial charge in [0.25, 0.3) is 0 Å². The number of hydrogen-bond donors (Lipinski definition) is 0. The van der Waals surface area contributed by atoms with Crippen LogP contribution >= 0.6 is 0 Å².